The molecular weight excluding hydrogens is 132 g/mol. The fourth-order valence-corrected chi connectivity index (χ4v) is 1.74. The first-order chi connectivity index (χ1) is 5.24. The summed E-state index contributed by atoms with van der Waals surface area (Å²) in [5.74, 6) is 1.73. The Balaban J connectivity index is 2.40. The molecule has 2 unspecified atom stereocenters. The van der Waals surface area contributed by atoms with Gasteiger partial charge in [-0.3, -0.25) is 0 Å². The molecule has 11 heavy (non-hydrogen) atoms. The van der Waals surface area contributed by atoms with E-state index in [4.69, 9.17) is 0 Å². The van der Waals surface area contributed by atoms with Crippen molar-refractivity contribution in [3.05, 3.63) is 18.6 Å². The molecule has 1 aliphatic carbocycles. The summed E-state index contributed by atoms with van der Waals surface area (Å²) in [5.41, 5.74) is 1.58. The van der Waals surface area contributed by atoms with Gasteiger partial charge in [0.2, 0.25) is 0 Å². The Kier molecular flexibility index (Phi) is 3.16. The lowest BCUT2D eigenvalue weighted by Gasteiger charge is -2.25. The van der Waals surface area contributed by atoms with E-state index in [0.29, 0.717) is 0 Å². The molecule has 0 saturated carbocycles. The molecule has 0 amide bonds. The van der Waals surface area contributed by atoms with E-state index in [1.54, 1.807) is 5.57 Å². The van der Waals surface area contributed by atoms with Crippen molar-refractivity contribution in [2.45, 2.75) is 39.5 Å². The minimum absolute atomic E-state index is 0.819. The summed E-state index contributed by atoms with van der Waals surface area (Å²) in [5, 5.41) is 0. The lowest BCUT2D eigenvalue weighted by atomic mass is 9.81. The van der Waals surface area contributed by atoms with Crippen LogP contribution in [-0.2, 0) is 0 Å². The number of hydrogen-bond acceptors (Lipinski definition) is 0. The van der Waals surface area contributed by atoms with Crippen LogP contribution in [0.4, 0.5) is 0 Å². The van der Waals surface area contributed by atoms with Gasteiger partial charge in [-0.15, -0.1) is 0 Å². The van der Waals surface area contributed by atoms with Crippen molar-refractivity contribution >= 4 is 0 Å². The molecule has 1 aliphatic rings. The second-order valence-corrected chi connectivity index (χ2v) is 3.85. The van der Waals surface area contributed by atoms with E-state index >= 15 is 0 Å². The van der Waals surface area contributed by atoms with Crippen LogP contribution in [0.5, 0.6) is 0 Å². The molecule has 0 aromatic heterocycles. The quantitative estimate of drug-likeness (QED) is 0.529. The first-order valence-electron chi connectivity index (χ1n) is 4.69. The summed E-state index contributed by atoms with van der Waals surface area (Å²) in [6.07, 6.45) is 7.49. The van der Waals surface area contributed by atoms with Crippen molar-refractivity contribution < 1.29 is 0 Å². The van der Waals surface area contributed by atoms with Crippen molar-refractivity contribution in [1.29, 1.82) is 0 Å². The molecule has 0 fully saturated rings. The van der Waals surface area contributed by atoms with Gasteiger partial charge < -0.3 is 0 Å². The monoisotopic (exact) mass is 151 g/mol. The van der Waals surface area contributed by atoms with Gasteiger partial charge in [0, 0.05) is 0 Å². The fourth-order valence-electron chi connectivity index (χ4n) is 1.74. The molecule has 0 aliphatic heterocycles. The van der Waals surface area contributed by atoms with Gasteiger partial charge in [0.25, 0.3) is 0 Å². The van der Waals surface area contributed by atoms with Crippen LogP contribution in [0.1, 0.15) is 39.5 Å². The van der Waals surface area contributed by atoms with Crippen LogP contribution in [0, 0.1) is 18.8 Å². The number of rotatable bonds is 2. The van der Waals surface area contributed by atoms with Crippen LogP contribution in [0.15, 0.2) is 11.6 Å². The lowest BCUT2D eigenvalue weighted by molar-refractivity contribution is 0.329. The zero-order chi connectivity index (χ0) is 8.27. The maximum Gasteiger partial charge on any atom is -0.0317 e. The van der Waals surface area contributed by atoms with Gasteiger partial charge in [0.1, 0.15) is 0 Å². The van der Waals surface area contributed by atoms with E-state index in [1.165, 1.54) is 19.3 Å². The van der Waals surface area contributed by atoms with Crippen molar-refractivity contribution in [1.82, 2.24) is 0 Å². The molecule has 0 aromatic carbocycles. The van der Waals surface area contributed by atoms with E-state index in [9.17, 15) is 0 Å². The van der Waals surface area contributed by atoms with E-state index in [1.807, 2.05) is 0 Å². The van der Waals surface area contributed by atoms with Crippen molar-refractivity contribution in [2.24, 2.45) is 11.8 Å². The second-order valence-electron chi connectivity index (χ2n) is 3.85. The topological polar surface area (TPSA) is 0 Å². The average molecular weight is 151 g/mol. The van der Waals surface area contributed by atoms with Crippen LogP contribution < -0.4 is 0 Å². The van der Waals surface area contributed by atoms with Gasteiger partial charge in [-0.1, -0.05) is 31.9 Å². The van der Waals surface area contributed by atoms with Crippen LogP contribution in [-0.4, -0.2) is 0 Å². The van der Waals surface area contributed by atoms with E-state index in [2.05, 4.69) is 26.8 Å². The second kappa shape index (κ2) is 3.94. The SMILES string of the molecule is [CH2]CC(C)C1CC=C(C)CC1. The Morgan fingerprint density at radius 2 is 2.45 bits per heavy atom. The van der Waals surface area contributed by atoms with Crippen molar-refractivity contribution in [2.75, 3.05) is 0 Å². The van der Waals surface area contributed by atoms with Gasteiger partial charge in [-0.2, -0.15) is 0 Å². The summed E-state index contributed by atoms with van der Waals surface area (Å²) in [7, 11) is 0. The Hall–Kier alpha value is -0.260. The average Bonchev–Trinajstić information content (AvgIpc) is 2.05. The Bertz CT molecular complexity index is 144. The number of allylic oxidation sites excluding steroid dienone is 2. The number of hydrogen-bond donors (Lipinski definition) is 0. The normalized spacial score (nSPS) is 27.9. The standard InChI is InChI=1S/C11H19/c1-4-10(3)11-7-5-9(2)6-8-11/h5,10-11H,1,4,6-8H2,2-3H3. The van der Waals surface area contributed by atoms with Gasteiger partial charge in [0.05, 0.1) is 0 Å². The van der Waals surface area contributed by atoms with E-state index in [0.717, 1.165) is 18.3 Å². The molecular formula is C11H19. The molecule has 0 heteroatoms. The molecule has 0 spiro atoms. The summed E-state index contributed by atoms with van der Waals surface area (Å²) in [6.45, 7) is 8.53. The van der Waals surface area contributed by atoms with E-state index in [-0.39, 0.29) is 0 Å². The summed E-state index contributed by atoms with van der Waals surface area (Å²) >= 11 is 0. The first kappa shape index (κ1) is 8.83. The van der Waals surface area contributed by atoms with Gasteiger partial charge >= 0.3 is 0 Å². The molecule has 0 aromatic rings. The third-order valence-electron chi connectivity index (χ3n) is 2.94. The highest BCUT2D eigenvalue weighted by molar-refractivity contribution is 5.03. The van der Waals surface area contributed by atoms with Crippen LogP contribution in [0.3, 0.4) is 0 Å². The van der Waals surface area contributed by atoms with Gasteiger partial charge in [-0.05, 0) is 38.0 Å². The van der Waals surface area contributed by atoms with Gasteiger partial charge in [-0.25, -0.2) is 0 Å². The predicted octanol–water partition coefficient (Wildman–Crippen LogP) is 3.59. The van der Waals surface area contributed by atoms with Crippen molar-refractivity contribution in [3.63, 3.8) is 0 Å². The Morgan fingerprint density at radius 3 is 2.91 bits per heavy atom. The minimum Gasteiger partial charge on any atom is -0.0853 e. The molecule has 63 valence electrons. The van der Waals surface area contributed by atoms with Crippen molar-refractivity contribution in [3.8, 4) is 0 Å². The smallest absolute Gasteiger partial charge is 0.0317 e. The molecule has 0 N–H and O–H groups in total. The largest absolute Gasteiger partial charge is 0.0853 e. The first-order valence-corrected chi connectivity index (χ1v) is 4.69. The van der Waals surface area contributed by atoms with E-state index < -0.39 is 0 Å². The highest BCUT2D eigenvalue weighted by Gasteiger charge is 2.17. The Labute approximate surface area is 70.7 Å². The molecule has 1 radical (unpaired) electrons. The maximum absolute atomic E-state index is 3.96. The molecule has 1 rings (SSSR count). The summed E-state index contributed by atoms with van der Waals surface area (Å²) < 4.78 is 0. The van der Waals surface area contributed by atoms with Crippen LogP contribution in [0.25, 0.3) is 0 Å². The molecule has 0 nitrogen and oxygen atoms in total. The zero-order valence-corrected chi connectivity index (χ0v) is 7.77. The summed E-state index contributed by atoms with van der Waals surface area (Å²) in [4.78, 5) is 0. The minimum atomic E-state index is 0.819. The fraction of sp³-hybridized carbons (Fsp3) is 0.727. The third kappa shape index (κ3) is 2.36. The molecule has 0 bridgehead atoms. The molecule has 2 atom stereocenters. The lowest BCUT2D eigenvalue weighted by Crippen LogP contribution is -2.13. The van der Waals surface area contributed by atoms with Crippen LogP contribution >= 0.6 is 0 Å². The molecule has 0 heterocycles. The summed E-state index contributed by atoms with van der Waals surface area (Å²) in [6, 6.07) is 0. The predicted molar refractivity (Wildman–Crippen MR) is 50.2 cm³/mol. The molecule has 0 saturated heterocycles. The maximum atomic E-state index is 3.96. The highest BCUT2D eigenvalue weighted by atomic mass is 14.2. The Morgan fingerprint density at radius 1 is 1.73 bits per heavy atom. The third-order valence-corrected chi connectivity index (χ3v) is 2.94. The zero-order valence-electron chi connectivity index (χ0n) is 7.77. The van der Waals surface area contributed by atoms with Crippen LogP contribution in [0.2, 0.25) is 0 Å². The van der Waals surface area contributed by atoms with Gasteiger partial charge in [0.15, 0.2) is 0 Å². The highest BCUT2D eigenvalue weighted by Crippen LogP contribution is 2.30.